The molecule has 2 rings (SSSR count). The van der Waals surface area contributed by atoms with E-state index in [2.05, 4.69) is 69.6 Å². The highest BCUT2D eigenvalue weighted by Crippen LogP contribution is 2.37. The van der Waals surface area contributed by atoms with E-state index in [1.54, 1.807) is 0 Å². The van der Waals surface area contributed by atoms with Crippen molar-refractivity contribution >= 4 is 5.71 Å². The Morgan fingerprint density at radius 2 is 2.05 bits per heavy atom. The van der Waals surface area contributed by atoms with Crippen LogP contribution in [0.1, 0.15) is 40.5 Å². The highest BCUT2D eigenvalue weighted by Gasteiger charge is 2.27. The molecule has 0 saturated heterocycles. The number of hydrogen-bond donors (Lipinski definition) is 0. The van der Waals surface area contributed by atoms with Crippen molar-refractivity contribution in [1.82, 2.24) is 0 Å². The maximum Gasteiger partial charge on any atom is 0.0491 e. The van der Waals surface area contributed by atoms with Crippen LogP contribution in [0, 0.1) is 5.92 Å². The molecule has 0 fully saturated rings. The maximum absolute atomic E-state index is 4.58. The molecular weight excluding hydrogens is 266 g/mol. The third-order valence-corrected chi connectivity index (χ3v) is 4.62. The fourth-order valence-corrected chi connectivity index (χ4v) is 3.23. The summed E-state index contributed by atoms with van der Waals surface area (Å²) in [4.78, 5) is 4.58. The Morgan fingerprint density at radius 1 is 1.32 bits per heavy atom. The molecule has 0 amide bonds. The van der Waals surface area contributed by atoms with Crippen molar-refractivity contribution < 1.29 is 0 Å². The van der Waals surface area contributed by atoms with Crippen molar-refractivity contribution in [2.75, 3.05) is 7.05 Å². The van der Waals surface area contributed by atoms with Gasteiger partial charge in [0, 0.05) is 18.7 Å². The van der Waals surface area contributed by atoms with Crippen LogP contribution in [-0.2, 0) is 0 Å². The second-order valence-corrected chi connectivity index (χ2v) is 6.24. The Morgan fingerprint density at radius 3 is 2.59 bits per heavy atom. The molecule has 22 heavy (non-hydrogen) atoms. The number of hydrogen-bond acceptors (Lipinski definition) is 1. The fourth-order valence-electron chi connectivity index (χ4n) is 3.23. The zero-order valence-corrected chi connectivity index (χ0v) is 14.5. The molecule has 116 valence electrons. The van der Waals surface area contributed by atoms with Crippen LogP contribution in [-0.4, -0.2) is 12.8 Å². The molecule has 0 heterocycles. The lowest BCUT2D eigenvalue weighted by molar-refractivity contribution is 0.798. The summed E-state index contributed by atoms with van der Waals surface area (Å²) in [7, 11) is 1.89. The molecule has 1 heteroatoms. The molecule has 0 N–H and O–H groups in total. The lowest BCUT2D eigenvalue weighted by Gasteiger charge is -2.28. The summed E-state index contributed by atoms with van der Waals surface area (Å²) in [5.74, 6) is 0.354. The molecule has 0 bridgehead atoms. The van der Waals surface area contributed by atoms with Crippen molar-refractivity contribution in [2.45, 2.75) is 40.5 Å². The Hall–Kier alpha value is -1.89. The van der Waals surface area contributed by atoms with Gasteiger partial charge in [-0.15, -0.1) is 0 Å². The molecule has 1 atom stereocenters. The SMILES string of the molecule is C=C1C(C2=CC(C)=CC2)=CC[C@@H](/C(C)=C/C(C)=C\C)C1=NC. The van der Waals surface area contributed by atoms with Crippen LogP contribution in [0.2, 0.25) is 0 Å². The summed E-state index contributed by atoms with van der Waals surface area (Å²) in [5.41, 5.74) is 8.92. The van der Waals surface area contributed by atoms with Gasteiger partial charge in [-0.05, 0) is 57.3 Å². The van der Waals surface area contributed by atoms with Crippen LogP contribution in [0.25, 0.3) is 0 Å². The number of rotatable bonds is 3. The summed E-state index contributed by atoms with van der Waals surface area (Å²) in [6, 6.07) is 0. The van der Waals surface area contributed by atoms with E-state index < -0.39 is 0 Å². The minimum atomic E-state index is 0.354. The monoisotopic (exact) mass is 293 g/mol. The van der Waals surface area contributed by atoms with Crippen LogP contribution in [0.5, 0.6) is 0 Å². The van der Waals surface area contributed by atoms with Crippen LogP contribution >= 0.6 is 0 Å². The van der Waals surface area contributed by atoms with Crippen molar-refractivity contribution in [3.8, 4) is 0 Å². The third-order valence-electron chi connectivity index (χ3n) is 4.62. The van der Waals surface area contributed by atoms with Crippen LogP contribution in [0.3, 0.4) is 0 Å². The Bertz CT molecular complexity index is 660. The van der Waals surface area contributed by atoms with Gasteiger partial charge in [0.2, 0.25) is 0 Å². The number of nitrogens with zero attached hydrogens (tertiary/aromatic N) is 1. The van der Waals surface area contributed by atoms with E-state index in [1.165, 1.54) is 27.9 Å². The smallest absolute Gasteiger partial charge is 0.0491 e. The Balaban J connectivity index is 2.32. The van der Waals surface area contributed by atoms with Gasteiger partial charge < -0.3 is 0 Å². The highest BCUT2D eigenvalue weighted by molar-refractivity contribution is 6.08. The minimum Gasteiger partial charge on any atom is -0.292 e. The normalized spacial score (nSPS) is 25.3. The predicted molar refractivity (Wildman–Crippen MR) is 98.3 cm³/mol. The van der Waals surface area contributed by atoms with Crippen LogP contribution < -0.4 is 0 Å². The van der Waals surface area contributed by atoms with Gasteiger partial charge in [-0.25, -0.2) is 0 Å². The lowest BCUT2D eigenvalue weighted by Crippen LogP contribution is -2.23. The van der Waals surface area contributed by atoms with Crippen LogP contribution in [0.15, 0.2) is 75.4 Å². The first-order chi connectivity index (χ1) is 10.5. The summed E-state index contributed by atoms with van der Waals surface area (Å²) >= 11 is 0. The van der Waals surface area contributed by atoms with E-state index in [0.717, 1.165) is 24.1 Å². The third kappa shape index (κ3) is 3.30. The van der Waals surface area contributed by atoms with Gasteiger partial charge >= 0.3 is 0 Å². The largest absolute Gasteiger partial charge is 0.292 e. The van der Waals surface area contributed by atoms with Gasteiger partial charge in [-0.2, -0.15) is 0 Å². The van der Waals surface area contributed by atoms with E-state index >= 15 is 0 Å². The van der Waals surface area contributed by atoms with E-state index in [0.29, 0.717) is 5.92 Å². The summed E-state index contributed by atoms with van der Waals surface area (Å²) in [6.07, 6.45) is 13.3. The molecule has 2 aliphatic rings. The first kappa shape index (κ1) is 16.5. The van der Waals surface area contributed by atoms with Crippen molar-refractivity contribution in [3.05, 3.63) is 70.4 Å². The average molecular weight is 293 g/mol. The average Bonchev–Trinajstić information content (AvgIpc) is 2.92. The molecule has 0 aromatic rings. The van der Waals surface area contributed by atoms with E-state index in [1.807, 2.05) is 7.05 Å². The number of aliphatic imine (C=N–C) groups is 1. The predicted octanol–water partition coefficient (Wildman–Crippen LogP) is 5.75. The van der Waals surface area contributed by atoms with Gasteiger partial charge in [0.25, 0.3) is 0 Å². The lowest BCUT2D eigenvalue weighted by atomic mass is 9.77. The first-order valence-electron chi connectivity index (χ1n) is 8.03. The zero-order chi connectivity index (χ0) is 16.3. The Labute approximate surface area is 135 Å². The van der Waals surface area contributed by atoms with E-state index in [9.17, 15) is 0 Å². The van der Waals surface area contributed by atoms with Crippen molar-refractivity contribution in [3.63, 3.8) is 0 Å². The first-order valence-corrected chi connectivity index (χ1v) is 8.03. The van der Waals surface area contributed by atoms with Gasteiger partial charge in [-0.3, -0.25) is 4.99 Å². The zero-order valence-electron chi connectivity index (χ0n) is 14.5. The van der Waals surface area contributed by atoms with E-state index in [4.69, 9.17) is 0 Å². The minimum absolute atomic E-state index is 0.354. The van der Waals surface area contributed by atoms with Gasteiger partial charge in [-0.1, -0.05) is 53.7 Å². The van der Waals surface area contributed by atoms with Crippen molar-refractivity contribution in [2.24, 2.45) is 10.9 Å². The molecule has 0 saturated carbocycles. The highest BCUT2D eigenvalue weighted by atomic mass is 14.7. The molecule has 0 aromatic carbocycles. The summed E-state index contributed by atoms with van der Waals surface area (Å²) < 4.78 is 0. The second kappa shape index (κ2) is 6.91. The quantitative estimate of drug-likeness (QED) is 0.588. The van der Waals surface area contributed by atoms with Gasteiger partial charge in [0.05, 0.1) is 0 Å². The second-order valence-electron chi connectivity index (χ2n) is 6.24. The molecule has 1 nitrogen and oxygen atoms in total. The van der Waals surface area contributed by atoms with Gasteiger partial charge in [0.1, 0.15) is 0 Å². The van der Waals surface area contributed by atoms with Gasteiger partial charge in [0.15, 0.2) is 0 Å². The molecule has 0 aliphatic heterocycles. The Kier molecular flexibility index (Phi) is 5.18. The van der Waals surface area contributed by atoms with E-state index in [-0.39, 0.29) is 0 Å². The summed E-state index contributed by atoms with van der Waals surface area (Å²) in [6.45, 7) is 12.9. The maximum atomic E-state index is 4.58. The number of allylic oxidation sites excluding steroid dienone is 11. The van der Waals surface area contributed by atoms with Crippen LogP contribution in [0.4, 0.5) is 0 Å². The molecule has 0 radical (unpaired) electrons. The topological polar surface area (TPSA) is 12.4 Å². The molecular formula is C21H27N. The molecule has 2 aliphatic carbocycles. The molecule has 0 unspecified atom stereocenters. The standard InChI is InChI=1S/C21H27N/c1-7-14(2)12-16(4)19-10-11-20(17(5)21(19)22-6)18-9-8-15(3)13-18/h7-8,11-13,19H,5,9-10H2,1-4,6H3/b14-7-,16-12+,22-21?/t19-/m0/s1. The molecule has 0 spiro atoms. The molecule has 0 aromatic heterocycles. The summed E-state index contributed by atoms with van der Waals surface area (Å²) in [5, 5.41) is 0. The van der Waals surface area contributed by atoms with Crippen molar-refractivity contribution in [1.29, 1.82) is 0 Å². The fraction of sp³-hybridized carbons (Fsp3) is 0.381.